The third-order valence-electron chi connectivity index (χ3n) is 2.65. The Kier molecular flexibility index (Phi) is 3.42. The normalized spacial score (nSPS) is 21.5. The summed E-state index contributed by atoms with van der Waals surface area (Å²) in [5, 5.41) is 8.46. The van der Waals surface area contributed by atoms with Gasteiger partial charge >= 0.3 is 0 Å². The zero-order valence-corrected chi connectivity index (χ0v) is 7.34. The van der Waals surface area contributed by atoms with E-state index >= 15 is 0 Å². The Morgan fingerprint density at radius 2 is 2.09 bits per heavy atom. The van der Waals surface area contributed by atoms with Crippen molar-refractivity contribution in [2.24, 2.45) is 11.8 Å². The summed E-state index contributed by atoms with van der Waals surface area (Å²) in [5.74, 6) is 1.57. The molecule has 0 aromatic carbocycles. The summed E-state index contributed by atoms with van der Waals surface area (Å²) in [6, 6.07) is 2.24. The van der Waals surface area contributed by atoms with Crippen LogP contribution in [-0.4, -0.2) is 0 Å². The van der Waals surface area contributed by atoms with Gasteiger partial charge in [-0.05, 0) is 18.3 Å². The highest BCUT2D eigenvalue weighted by Gasteiger charge is 2.17. The standard InChI is InChI=1S/C10H17N/c1-9(6-7-11)8-10-4-2-3-5-10/h9-10H,2-6,8H2,1H3. The molecule has 0 saturated heterocycles. The monoisotopic (exact) mass is 151 g/mol. The van der Waals surface area contributed by atoms with Gasteiger partial charge in [-0.2, -0.15) is 5.26 Å². The highest BCUT2D eigenvalue weighted by Crippen LogP contribution is 2.30. The van der Waals surface area contributed by atoms with Crippen LogP contribution in [0.1, 0.15) is 45.4 Å². The molecule has 1 unspecified atom stereocenters. The molecule has 62 valence electrons. The number of hydrogen-bond donors (Lipinski definition) is 0. The Morgan fingerprint density at radius 1 is 1.45 bits per heavy atom. The first-order valence-corrected chi connectivity index (χ1v) is 4.70. The van der Waals surface area contributed by atoms with Crippen molar-refractivity contribution in [2.75, 3.05) is 0 Å². The Bertz CT molecular complexity index is 139. The van der Waals surface area contributed by atoms with Crippen molar-refractivity contribution in [3.05, 3.63) is 0 Å². The van der Waals surface area contributed by atoms with Crippen LogP contribution >= 0.6 is 0 Å². The molecule has 11 heavy (non-hydrogen) atoms. The molecule has 1 saturated carbocycles. The van der Waals surface area contributed by atoms with E-state index in [1.165, 1.54) is 32.1 Å². The van der Waals surface area contributed by atoms with E-state index in [0.29, 0.717) is 5.92 Å². The molecule has 0 amide bonds. The molecule has 0 aliphatic heterocycles. The van der Waals surface area contributed by atoms with Crippen molar-refractivity contribution >= 4 is 0 Å². The molecule has 0 aromatic heterocycles. The van der Waals surface area contributed by atoms with Gasteiger partial charge in [0.1, 0.15) is 0 Å². The van der Waals surface area contributed by atoms with Crippen LogP contribution in [0.3, 0.4) is 0 Å². The summed E-state index contributed by atoms with van der Waals surface area (Å²) >= 11 is 0. The van der Waals surface area contributed by atoms with E-state index in [0.717, 1.165) is 12.3 Å². The molecule has 0 aromatic rings. The molecule has 0 radical (unpaired) electrons. The molecule has 1 aliphatic rings. The Labute approximate surface area is 69.4 Å². The summed E-state index contributed by atoms with van der Waals surface area (Å²) in [7, 11) is 0. The average Bonchev–Trinajstić information content (AvgIpc) is 2.40. The fourth-order valence-corrected chi connectivity index (χ4v) is 2.05. The van der Waals surface area contributed by atoms with Gasteiger partial charge < -0.3 is 0 Å². The van der Waals surface area contributed by atoms with Gasteiger partial charge in [-0.25, -0.2) is 0 Å². The molecule has 1 nitrogen and oxygen atoms in total. The third-order valence-corrected chi connectivity index (χ3v) is 2.65. The van der Waals surface area contributed by atoms with Crippen LogP contribution in [0.2, 0.25) is 0 Å². The molecule has 0 N–H and O–H groups in total. The zero-order chi connectivity index (χ0) is 8.10. The average molecular weight is 151 g/mol. The van der Waals surface area contributed by atoms with Crippen LogP contribution in [0.4, 0.5) is 0 Å². The van der Waals surface area contributed by atoms with Crippen molar-refractivity contribution < 1.29 is 0 Å². The second kappa shape index (κ2) is 4.38. The van der Waals surface area contributed by atoms with E-state index in [2.05, 4.69) is 13.0 Å². The van der Waals surface area contributed by atoms with Gasteiger partial charge in [0, 0.05) is 6.42 Å². The predicted molar refractivity (Wildman–Crippen MR) is 46.0 cm³/mol. The molecule has 0 heterocycles. The maximum Gasteiger partial charge on any atom is 0.0624 e. The van der Waals surface area contributed by atoms with Gasteiger partial charge in [0.05, 0.1) is 6.07 Å². The highest BCUT2D eigenvalue weighted by molar-refractivity contribution is 4.77. The Balaban J connectivity index is 2.14. The van der Waals surface area contributed by atoms with E-state index in [1.54, 1.807) is 0 Å². The number of rotatable bonds is 3. The van der Waals surface area contributed by atoms with Gasteiger partial charge in [-0.1, -0.05) is 32.6 Å². The van der Waals surface area contributed by atoms with E-state index in [-0.39, 0.29) is 0 Å². The minimum absolute atomic E-state index is 0.628. The van der Waals surface area contributed by atoms with E-state index in [9.17, 15) is 0 Å². The zero-order valence-electron chi connectivity index (χ0n) is 7.34. The third kappa shape index (κ3) is 2.93. The van der Waals surface area contributed by atoms with Crippen LogP contribution in [-0.2, 0) is 0 Å². The molecular weight excluding hydrogens is 134 g/mol. The van der Waals surface area contributed by atoms with Crippen LogP contribution in [0.5, 0.6) is 0 Å². The fraction of sp³-hybridized carbons (Fsp3) is 0.900. The predicted octanol–water partition coefficient (Wildman–Crippen LogP) is 3.12. The number of nitriles is 1. The molecule has 0 bridgehead atoms. The first kappa shape index (κ1) is 8.59. The van der Waals surface area contributed by atoms with Crippen molar-refractivity contribution in [3.63, 3.8) is 0 Å². The molecule has 1 atom stereocenters. The van der Waals surface area contributed by atoms with Crippen LogP contribution < -0.4 is 0 Å². The van der Waals surface area contributed by atoms with Crippen LogP contribution in [0.25, 0.3) is 0 Å². The second-order valence-electron chi connectivity index (χ2n) is 3.85. The van der Waals surface area contributed by atoms with E-state index < -0.39 is 0 Å². The molecule has 1 aliphatic carbocycles. The van der Waals surface area contributed by atoms with Gasteiger partial charge in [0.15, 0.2) is 0 Å². The van der Waals surface area contributed by atoms with Crippen molar-refractivity contribution in [1.82, 2.24) is 0 Å². The summed E-state index contributed by atoms with van der Waals surface area (Å²) in [6.45, 7) is 2.20. The second-order valence-corrected chi connectivity index (χ2v) is 3.85. The molecule has 0 spiro atoms. The summed E-state index contributed by atoms with van der Waals surface area (Å²) in [4.78, 5) is 0. The molecule has 1 heteroatoms. The molecule has 1 rings (SSSR count). The lowest BCUT2D eigenvalue weighted by Gasteiger charge is -2.12. The SMILES string of the molecule is CC(CC#N)CC1CCCC1. The summed E-state index contributed by atoms with van der Waals surface area (Å²) < 4.78 is 0. The van der Waals surface area contributed by atoms with Crippen molar-refractivity contribution in [3.8, 4) is 6.07 Å². The van der Waals surface area contributed by atoms with Gasteiger partial charge in [0.2, 0.25) is 0 Å². The quantitative estimate of drug-likeness (QED) is 0.608. The first-order valence-electron chi connectivity index (χ1n) is 4.70. The lowest BCUT2D eigenvalue weighted by molar-refractivity contribution is 0.402. The Morgan fingerprint density at radius 3 is 2.64 bits per heavy atom. The number of nitrogens with zero attached hydrogens (tertiary/aromatic N) is 1. The Hall–Kier alpha value is -0.510. The van der Waals surface area contributed by atoms with Gasteiger partial charge in [-0.15, -0.1) is 0 Å². The minimum atomic E-state index is 0.628. The first-order chi connectivity index (χ1) is 5.33. The largest absolute Gasteiger partial charge is 0.198 e. The minimum Gasteiger partial charge on any atom is -0.198 e. The molecule has 1 fully saturated rings. The summed E-state index contributed by atoms with van der Waals surface area (Å²) in [6.07, 6.45) is 7.70. The number of hydrogen-bond acceptors (Lipinski definition) is 1. The van der Waals surface area contributed by atoms with E-state index in [4.69, 9.17) is 5.26 Å². The molecular formula is C10H17N. The lowest BCUT2D eigenvalue weighted by Crippen LogP contribution is -2.01. The smallest absolute Gasteiger partial charge is 0.0624 e. The van der Waals surface area contributed by atoms with Gasteiger partial charge in [0.25, 0.3) is 0 Å². The van der Waals surface area contributed by atoms with Gasteiger partial charge in [-0.3, -0.25) is 0 Å². The topological polar surface area (TPSA) is 23.8 Å². The highest BCUT2D eigenvalue weighted by atomic mass is 14.3. The van der Waals surface area contributed by atoms with Crippen LogP contribution in [0.15, 0.2) is 0 Å². The fourth-order valence-electron chi connectivity index (χ4n) is 2.05. The van der Waals surface area contributed by atoms with Crippen LogP contribution in [0, 0.1) is 23.2 Å². The summed E-state index contributed by atoms with van der Waals surface area (Å²) in [5.41, 5.74) is 0. The van der Waals surface area contributed by atoms with E-state index in [1.807, 2.05) is 0 Å². The van der Waals surface area contributed by atoms with Crippen molar-refractivity contribution in [1.29, 1.82) is 5.26 Å². The maximum absolute atomic E-state index is 8.46. The lowest BCUT2D eigenvalue weighted by atomic mass is 9.93. The van der Waals surface area contributed by atoms with Crippen molar-refractivity contribution in [2.45, 2.75) is 45.4 Å². The maximum atomic E-state index is 8.46.